The molecule has 1 aromatic rings. The average Bonchev–Trinajstić information content (AvgIpc) is 2.34. The molecule has 0 fully saturated rings. The maximum atomic E-state index is 11.2. The number of anilines is 1. The lowest BCUT2D eigenvalue weighted by Crippen LogP contribution is -2.29. The lowest BCUT2D eigenvalue weighted by molar-refractivity contribution is -0.123. The zero-order valence-corrected chi connectivity index (χ0v) is 9.75. The molecule has 0 saturated carbocycles. The second-order valence-corrected chi connectivity index (χ2v) is 3.41. The molecule has 0 aliphatic heterocycles. The molecule has 0 saturated heterocycles. The van der Waals surface area contributed by atoms with Gasteiger partial charge in [0.2, 0.25) is 0 Å². The van der Waals surface area contributed by atoms with Crippen LogP contribution in [0.25, 0.3) is 0 Å². The molecule has 0 radical (unpaired) electrons. The Bertz CT molecular complexity index is 322. The zero-order chi connectivity index (χ0) is 11.8. The third-order valence-corrected chi connectivity index (χ3v) is 2.09. The van der Waals surface area contributed by atoms with Crippen LogP contribution in [0.2, 0.25) is 0 Å². The van der Waals surface area contributed by atoms with Gasteiger partial charge in [0, 0.05) is 19.3 Å². The molecule has 0 bridgehead atoms. The molecule has 88 valence electrons. The number of benzene rings is 1. The Morgan fingerprint density at radius 3 is 2.56 bits per heavy atom. The molecule has 0 aliphatic rings. The van der Waals surface area contributed by atoms with Gasteiger partial charge in [-0.05, 0) is 30.7 Å². The van der Waals surface area contributed by atoms with Crippen LogP contribution in [0, 0.1) is 0 Å². The van der Waals surface area contributed by atoms with E-state index in [2.05, 4.69) is 10.6 Å². The fourth-order valence-corrected chi connectivity index (χ4v) is 1.18. The summed E-state index contributed by atoms with van der Waals surface area (Å²) in [7, 11) is 1.86. The van der Waals surface area contributed by atoms with Gasteiger partial charge < -0.3 is 15.4 Å². The van der Waals surface area contributed by atoms with Gasteiger partial charge in [-0.15, -0.1) is 0 Å². The highest BCUT2D eigenvalue weighted by atomic mass is 16.5. The van der Waals surface area contributed by atoms with E-state index in [1.54, 1.807) is 0 Å². The van der Waals surface area contributed by atoms with Crippen LogP contribution in [0.5, 0.6) is 5.75 Å². The van der Waals surface area contributed by atoms with Gasteiger partial charge in [0.25, 0.3) is 5.91 Å². The molecule has 0 spiro atoms. The molecule has 4 heteroatoms. The van der Waals surface area contributed by atoms with Crippen LogP contribution in [0.15, 0.2) is 24.3 Å². The highest BCUT2D eigenvalue weighted by Crippen LogP contribution is 2.14. The maximum Gasteiger partial charge on any atom is 0.257 e. The predicted octanol–water partition coefficient (Wildman–Crippen LogP) is 1.63. The summed E-state index contributed by atoms with van der Waals surface area (Å²) in [5, 5.41) is 5.76. The number of ether oxygens (including phenoxy) is 1. The maximum absolute atomic E-state index is 11.2. The molecule has 2 N–H and O–H groups in total. The average molecular weight is 222 g/mol. The van der Waals surface area contributed by atoms with Gasteiger partial charge in [-0.3, -0.25) is 4.79 Å². The zero-order valence-electron chi connectivity index (χ0n) is 9.75. The minimum absolute atomic E-state index is 0.0684. The molecule has 0 heterocycles. The van der Waals surface area contributed by atoms with Crippen molar-refractivity contribution in [3.05, 3.63) is 24.3 Å². The van der Waals surface area contributed by atoms with Crippen LogP contribution in [0.3, 0.4) is 0 Å². The number of amides is 1. The number of rotatable bonds is 6. The van der Waals surface area contributed by atoms with Crippen molar-refractivity contribution >= 4 is 11.6 Å². The minimum Gasteiger partial charge on any atom is -0.484 e. The Morgan fingerprint density at radius 1 is 1.31 bits per heavy atom. The van der Waals surface area contributed by atoms with Crippen molar-refractivity contribution in [3.8, 4) is 5.75 Å². The summed E-state index contributed by atoms with van der Waals surface area (Å²) >= 11 is 0. The summed E-state index contributed by atoms with van der Waals surface area (Å²) in [5.41, 5.74) is 1.02. The van der Waals surface area contributed by atoms with E-state index in [0.717, 1.165) is 12.1 Å². The quantitative estimate of drug-likeness (QED) is 0.769. The highest BCUT2D eigenvalue weighted by Gasteiger charge is 2.01. The van der Waals surface area contributed by atoms with Crippen molar-refractivity contribution in [2.24, 2.45) is 0 Å². The molecule has 0 unspecified atom stereocenters. The molecule has 0 aliphatic carbocycles. The lowest BCUT2D eigenvalue weighted by Gasteiger charge is -2.07. The van der Waals surface area contributed by atoms with Crippen molar-refractivity contribution in [1.29, 1.82) is 0 Å². The van der Waals surface area contributed by atoms with E-state index in [1.807, 2.05) is 38.2 Å². The Kier molecular flexibility index (Phi) is 5.19. The standard InChI is InChI=1S/C12H18N2O2/c1-3-8-14-12(15)9-16-11-6-4-10(13-2)5-7-11/h4-7,13H,3,8-9H2,1-2H3,(H,14,15). The Hall–Kier alpha value is -1.71. The first-order valence-electron chi connectivity index (χ1n) is 5.43. The number of carbonyl (C=O) groups is 1. The molecule has 1 rings (SSSR count). The van der Waals surface area contributed by atoms with Crippen molar-refractivity contribution in [2.75, 3.05) is 25.5 Å². The molecule has 1 amide bonds. The van der Waals surface area contributed by atoms with Crippen LogP contribution in [-0.2, 0) is 4.79 Å². The Balaban J connectivity index is 2.33. The van der Waals surface area contributed by atoms with Gasteiger partial charge in [-0.2, -0.15) is 0 Å². The first-order valence-corrected chi connectivity index (χ1v) is 5.43. The van der Waals surface area contributed by atoms with Crippen LogP contribution >= 0.6 is 0 Å². The number of hydrogen-bond acceptors (Lipinski definition) is 3. The van der Waals surface area contributed by atoms with Crippen molar-refractivity contribution in [3.63, 3.8) is 0 Å². The van der Waals surface area contributed by atoms with Crippen LogP contribution in [0.1, 0.15) is 13.3 Å². The number of nitrogens with one attached hydrogen (secondary N) is 2. The van der Waals surface area contributed by atoms with Crippen LogP contribution in [-0.4, -0.2) is 26.1 Å². The van der Waals surface area contributed by atoms with E-state index in [1.165, 1.54) is 0 Å². The predicted molar refractivity (Wildman–Crippen MR) is 64.8 cm³/mol. The van der Waals surface area contributed by atoms with E-state index in [0.29, 0.717) is 12.3 Å². The van der Waals surface area contributed by atoms with Gasteiger partial charge >= 0.3 is 0 Å². The summed E-state index contributed by atoms with van der Waals surface area (Å²) in [6.45, 7) is 2.78. The lowest BCUT2D eigenvalue weighted by atomic mass is 10.3. The second kappa shape index (κ2) is 6.71. The highest BCUT2D eigenvalue weighted by molar-refractivity contribution is 5.77. The largest absolute Gasteiger partial charge is 0.484 e. The van der Waals surface area contributed by atoms with Crippen LogP contribution in [0.4, 0.5) is 5.69 Å². The normalized spacial score (nSPS) is 9.62. The van der Waals surface area contributed by atoms with Gasteiger partial charge in [0.05, 0.1) is 0 Å². The van der Waals surface area contributed by atoms with Crippen molar-refractivity contribution in [1.82, 2.24) is 5.32 Å². The van der Waals surface area contributed by atoms with Gasteiger partial charge in [0.1, 0.15) is 5.75 Å². The Labute approximate surface area is 96.0 Å². The summed E-state index contributed by atoms with van der Waals surface area (Å²) in [6, 6.07) is 7.47. The van der Waals surface area contributed by atoms with E-state index >= 15 is 0 Å². The molecule has 0 atom stereocenters. The van der Waals surface area contributed by atoms with Gasteiger partial charge in [-0.25, -0.2) is 0 Å². The van der Waals surface area contributed by atoms with E-state index < -0.39 is 0 Å². The van der Waals surface area contributed by atoms with Crippen molar-refractivity contribution in [2.45, 2.75) is 13.3 Å². The first kappa shape index (κ1) is 12.4. The van der Waals surface area contributed by atoms with E-state index in [9.17, 15) is 4.79 Å². The molecule has 4 nitrogen and oxygen atoms in total. The summed E-state index contributed by atoms with van der Waals surface area (Å²) in [5.74, 6) is 0.616. The summed E-state index contributed by atoms with van der Waals surface area (Å²) < 4.78 is 5.32. The third-order valence-electron chi connectivity index (χ3n) is 2.09. The van der Waals surface area contributed by atoms with Crippen molar-refractivity contribution < 1.29 is 9.53 Å². The topological polar surface area (TPSA) is 50.4 Å². The molecular formula is C12H18N2O2. The number of hydrogen-bond donors (Lipinski definition) is 2. The van der Waals surface area contributed by atoms with Gasteiger partial charge in [-0.1, -0.05) is 6.92 Å². The fraction of sp³-hybridized carbons (Fsp3) is 0.417. The smallest absolute Gasteiger partial charge is 0.257 e. The Morgan fingerprint density at radius 2 is 2.00 bits per heavy atom. The van der Waals surface area contributed by atoms with Gasteiger partial charge in [0.15, 0.2) is 6.61 Å². The monoisotopic (exact) mass is 222 g/mol. The van der Waals surface area contributed by atoms with E-state index in [-0.39, 0.29) is 12.5 Å². The third kappa shape index (κ3) is 4.21. The molecule has 1 aromatic carbocycles. The summed E-state index contributed by atoms with van der Waals surface area (Å²) in [6.07, 6.45) is 0.933. The number of carbonyl (C=O) groups excluding carboxylic acids is 1. The van der Waals surface area contributed by atoms with Crippen LogP contribution < -0.4 is 15.4 Å². The summed E-state index contributed by atoms with van der Waals surface area (Å²) in [4.78, 5) is 11.2. The van der Waals surface area contributed by atoms with E-state index in [4.69, 9.17) is 4.74 Å². The SMILES string of the molecule is CCCNC(=O)COc1ccc(NC)cc1. The molecule has 16 heavy (non-hydrogen) atoms. The first-order chi connectivity index (χ1) is 7.76. The minimum atomic E-state index is -0.0838. The fourth-order valence-electron chi connectivity index (χ4n) is 1.18. The second-order valence-electron chi connectivity index (χ2n) is 3.41. The molecule has 0 aromatic heterocycles. The molecular weight excluding hydrogens is 204 g/mol.